The van der Waals surface area contributed by atoms with Crippen molar-refractivity contribution in [2.24, 2.45) is 0 Å². The Morgan fingerprint density at radius 1 is 1.32 bits per heavy atom. The number of rotatable bonds is 2. The van der Waals surface area contributed by atoms with E-state index < -0.39 is 17.7 Å². The highest BCUT2D eigenvalue weighted by atomic mass is 127. The number of carbonyl (C=O) groups is 1. The van der Waals surface area contributed by atoms with Crippen molar-refractivity contribution >= 4 is 28.5 Å². The average molecular weight is 448 g/mol. The molecule has 0 fully saturated rings. The summed E-state index contributed by atoms with van der Waals surface area (Å²) in [6.45, 7) is 3.54. The number of aliphatic hydroxyl groups excluding tert-OH is 1. The molecule has 0 saturated carbocycles. The van der Waals surface area contributed by atoms with Crippen LogP contribution in [0, 0.1) is 14.9 Å². The Balaban J connectivity index is 2.01. The number of nitrogens with zero attached hydrogens (tertiary/aromatic N) is 1. The highest BCUT2D eigenvalue weighted by molar-refractivity contribution is 14.1. The molecule has 5 nitrogen and oxygen atoms in total. The van der Waals surface area contributed by atoms with Crippen LogP contribution in [0.25, 0.3) is 0 Å². The van der Waals surface area contributed by atoms with Gasteiger partial charge in [-0.1, -0.05) is 12.1 Å². The molecule has 0 aromatic heterocycles. The number of carbonyl (C=O) groups excluding carboxylic acids is 1. The van der Waals surface area contributed by atoms with Crippen LogP contribution in [0.3, 0.4) is 0 Å². The van der Waals surface area contributed by atoms with Crippen LogP contribution in [0.2, 0.25) is 0 Å². The predicted molar refractivity (Wildman–Crippen MR) is 101 cm³/mol. The molecule has 0 saturated heterocycles. The fourth-order valence-corrected chi connectivity index (χ4v) is 3.52. The molecule has 1 amide bonds. The lowest BCUT2D eigenvalue weighted by Crippen LogP contribution is -2.53. The maximum absolute atomic E-state index is 12.7. The molecule has 1 aliphatic heterocycles. The first-order valence-electron chi connectivity index (χ1n) is 7.80. The van der Waals surface area contributed by atoms with Crippen LogP contribution in [-0.2, 0) is 0 Å². The fraction of sp³-hybridized carbons (Fsp3) is 0.263. The smallest absolute Gasteiger partial charge is 0.252 e. The molecule has 25 heavy (non-hydrogen) atoms. The summed E-state index contributed by atoms with van der Waals surface area (Å²) < 4.78 is 6.68. The number of nitrogens with one attached hydrogen (secondary N) is 1. The third-order valence-electron chi connectivity index (χ3n) is 4.28. The van der Waals surface area contributed by atoms with Crippen LogP contribution in [0.4, 0.5) is 0 Å². The first-order chi connectivity index (χ1) is 11.8. The SMILES string of the molecule is CC1(C)Oc2ccc(C#N)cc2C(NC(=O)c2ccccc2I)C1O. The summed E-state index contributed by atoms with van der Waals surface area (Å²) in [6.07, 6.45) is -0.959. The van der Waals surface area contributed by atoms with Gasteiger partial charge in [0.15, 0.2) is 0 Å². The van der Waals surface area contributed by atoms with E-state index in [0.717, 1.165) is 3.57 Å². The van der Waals surface area contributed by atoms with Gasteiger partial charge in [-0.2, -0.15) is 5.26 Å². The van der Waals surface area contributed by atoms with Crippen LogP contribution in [-0.4, -0.2) is 22.7 Å². The van der Waals surface area contributed by atoms with E-state index >= 15 is 0 Å². The quantitative estimate of drug-likeness (QED) is 0.692. The third-order valence-corrected chi connectivity index (χ3v) is 5.22. The van der Waals surface area contributed by atoms with Crippen LogP contribution in [0.5, 0.6) is 5.75 Å². The van der Waals surface area contributed by atoms with Gasteiger partial charge in [0.25, 0.3) is 5.91 Å². The standard InChI is InChI=1S/C19H17IN2O3/c1-19(2)17(23)16(13-9-11(10-21)7-8-15(13)25-19)22-18(24)12-5-3-4-6-14(12)20/h3-9,16-17,23H,1-2H3,(H,22,24). The summed E-state index contributed by atoms with van der Waals surface area (Å²) in [5.41, 5.74) is 0.716. The number of aliphatic hydroxyl groups is 1. The van der Waals surface area contributed by atoms with Gasteiger partial charge in [0.05, 0.1) is 23.2 Å². The highest BCUT2D eigenvalue weighted by Gasteiger charge is 2.43. The second kappa shape index (κ2) is 6.65. The molecule has 2 atom stereocenters. The molecule has 3 rings (SSSR count). The van der Waals surface area contributed by atoms with E-state index in [1.54, 1.807) is 44.2 Å². The molecule has 0 bridgehead atoms. The summed E-state index contributed by atoms with van der Waals surface area (Å²) in [7, 11) is 0. The summed E-state index contributed by atoms with van der Waals surface area (Å²) in [6, 6.07) is 13.7. The minimum absolute atomic E-state index is 0.278. The Morgan fingerprint density at radius 3 is 2.72 bits per heavy atom. The second-order valence-electron chi connectivity index (χ2n) is 6.45. The largest absolute Gasteiger partial charge is 0.485 e. The second-order valence-corrected chi connectivity index (χ2v) is 7.61. The summed E-state index contributed by atoms with van der Waals surface area (Å²) in [4.78, 5) is 12.7. The zero-order valence-corrected chi connectivity index (χ0v) is 15.9. The van der Waals surface area contributed by atoms with E-state index in [9.17, 15) is 9.90 Å². The Labute approximate surface area is 159 Å². The molecule has 2 N–H and O–H groups in total. The number of benzene rings is 2. The van der Waals surface area contributed by atoms with Gasteiger partial charge in [-0.05, 0) is 66.8 Å². The summed E-state index contributed by atoms with van der Waals surface area (Å²) in [5.74, 6) is 0.280. The van der Waals surface area contributed by atoms with Crippen LogP contribution in [0.15, 0.2) is 42.5 Å². The molecule has 0 aliphatic carbocycles. The molecule has 2 aromatic carbocycles. The molecule has 1 heterocycles. The number of ether oxygens (including phenoxy) is 1. The van der Waals surface area contributed by atoms with Crippen molar-refractivity contribution < 1.29 is 14.6 Å². The molecule has 1 aliphatic rings. The van der Waals surface area contributed by atoms with Gasteiger partial charge in [-0.15, -0.1) is 0 Å². The van der Waals surface area contributed by atoms with Gasteiger partial charge in [0, 0.05) is 9.13 Å². The Morgan fingerprint density at radius 2 is 2.04 bits per heavy atom. The molecule has 2 aromatic rings. The lowest BCUT2D eigenvalue weighted by molar-refractivity contribution is -0.0627. The zero-order chi connectivity index (χ0) is 18.2. The first-order valence-corrected chi connectivity index (χ1v) is 8.88. The van der Waals surface area contributed by atoms with E-state index in [1.165, 1.54) is 0 Å². The Bertz CT molecular complexity index is 873. The number of nitriles is 1. The van der Waals surface area contributed by atoms with E-state index in [1.807, 2.05) is 12.1 Å². The first kappa shape index (κ1) is 17.7. The van der Waals surface area contributed by atoms with Crippen molar-refractivity contribution in [1.82, 2.24) is 5.32 Å². The van der Waals surface area contributed by atoms with Gasteiger partial charge < -0.3 is 15.2 Å². The average Bonchev–Trinajstić information content (AvgIpc) is 2.58. The van der Waals surface area contributed by atoms with E-state index in [0.29, 0.717) is 22.4 Å². The number of halogens is 1. The maximum atomic E-state index is 12.7. The highest BCUT2D eigenvalue weighted by Crippen LogP contribution is 2.40. The monoisotopic (exact) mass is 448 g/mol. The molecule has 2 unspecified atom stereocenters. The van der Waals surface area contributed by atoms with E-state index in [4.69, 9.17) is 10.00 Å². The molecule has 0 radical (unpaired) electrons. The lowest BCUT2D eigenvalue weighted by Gasteiger charge is -2.42. The molecular formula is C19H17IN2O3. The van der Waals surface area contributed by atoms with Crippen molar-refractivity contribution in [2.45, 2.75) is 31.6 Å². The topological polar surface area (TPSA) is 82.3 Å². The number of amides is 1. The summed E-state index contributed by atoms with van der Waals surface area (Å²) >= 11 is 2.10. The zero-order valence-electron chi connectivity index (χ0n) is 13.8. The van der Waals surface area contributed by atoms with Crippen molar-refractivity contribution in [3.05, 3.63) is 62.7 Å². The van der Waals surface area contributed by atoms with Crippen LogP contribution >= 0.6 is 22.6 Å². The summed E-state index contributed by atoms with van der Waals surface area (Å²) in [5, 5.41) is 22.8. The molecule has 0 spiro atoms. The lowest BCUT2D eigenvalue weighted by atomic mass is 9.85. The van der Waals surface area contributed by atoms with Gasteiger partial charge in [-0.3, -0.25) is 4.79 Å². The minimum Gasteiger partial charge on any atom is -0.485 e. The van der Waals surface area contributed by atoms with E-state index in [2.05, 4.69) is 34.0 Å². The number of hydrogen-bond donors (Lipinski definition) is 2. The molecule has 6 heteroatoms. The molecule has 128 valence electrons. The fourth-order valence-electron chi connectivity index (χ4n) is 2.89. The van der Waals surface area contributed by atoms with Crippen molar-refractivity contribution in [3.63, 3.8) is 0 Å². The number of hydrogen-bond acceptors (Lipinski definition) is 4. The molecular weight excluding hydrogens is 431 g/mol. The number of fused-ring (bicyclic) bond motifs is 1. The Kier molecular flexibility index (Phi) is 4.71. The minimum atomic E-state index is -0.959. The van der Waals surface area contributed by atoms with Crippen LogP contribution < -0.4 is 10.1 Å². The van der Waals surface area contributed by atoms with Gasteiger partial charge >= 0.3 is 0 Å². The van der Waals surface area contributed by atoms with Crippen molar-refractivity contribution in [2.75, 3.05) is 0 Å². The predicted octanol–water partition coefficient (Wildman–Crippen LogP) is 3.17. The van der Waals surface area contributed by atoms with E-state index in [-0.39, 0.29) is 5.91 Å². The van der Waals surface area contributed by atoms with Gasteiger partial charge in [0.2, 0.25) is 0 Å². The van der Waals surface area contributed by atoms with Crippen LogP contribution in [0.1, 0.15) is 41.4 Å². The van der Waals surface area contributed by atoms with Gasteiger partial charge in [0.1, 0.15) is 17.5 Å². The normalized spacial score (nSPS) is 20.8. The Hall–Kier alpha value is -2.11. The van der Waals surface area contributed by atoms with Crippen molar-refractivity contribution in [3.8, 4) is 11.8 Å². The van der Waals surface area contributed by atoms with Gasteiger partial charge in [-0.25, -0.2) is 0 Å². The van der Waals surface area contributed by atoms with Crippen molar-refractivity contribution in [1.29, 1.82) is 5.26 Å². The third kappa shape index (κ3) is 3.34. The maximum Gasteiger partial charge on any atom is 0.252 e.